The van der Waals surface area contributed by atoms with Crippen LogP contribution in [0.4, 0.5) is 0 Å². The van der Waals surface area contributed by atoms with Crippen LogP contribution < -0.4 is 5.32 Å². The van der Waals surface area contributed by atoms with Gasteiger partial charge in [0.15, 0.2) is 0 Å². The van der Waals surface area contributed by atoms with Gasteiger partial charge in [0.2, 0.25) is 0 Å². The molecule has 0 bridgehead atoms. The summed E-state index contributed by atoms with van der Waals surface area (Å²) >= 11 is 0. The largest absolute Gasteiger partial charge is 0.309 e. The molecule has 1 saturated heterocycles. The lowest BCUT2D eigenvalue weighted by molar-refractivity contribution is 0.614. The molecule has 0 radical (unpaired) electrons. The first-order chi connectivity index (χ1) is 8.36. The van der Waals surface area contributed by atoms with Crippen LogP contribution in [0.15, 0.2) is 30.9 Å². The monoisotopic (exact) mass is 228 g/mol. The van der Waals surface area contributed by atoms with Crippen LogP contribution in [-0.4, -0.2) is 21.1 Å². The van der Waals surface area contributed by atoms with E-state index in [-0.39, 0.29) is 0 Å². The number of aryl methyl sites for hydroxylation is 1. The lowest BCUT2D eigenvalue weighted by Crippen LogP contribution is -2.16. The summed E-state index contributed by atoms with van der Waals surface area (Å²) in [5.74, 6) is 0. The van der Waals surface area contributed by atoms with Crippen molar-refractivity contribution >= 4 is 0 Å². The lowest BCUT2D eigenvalue weighted by atomic mass is 10.1. The zero-order chi connectivity index (χ0) is 11.7. The number of nitrogens with one attached hydrogen (secondary N) is 1. The summed E-state index contributed by atoms with van der Waals surface area (Å²) in [7, 11) is 0. The van der Waals surface area contributed by atoms with Gasteiger partial charge in [-0.3, -0.25) is 9.55 Å². The van der Waals surface area contributed by atoms with E-state index in [2.05, 4.69) is 25.9 Å². The summed E-state index contributed by atoms with van der Waals surface area (Å²) in [6, 6.07) is 4.48. The molecular formula is C13H16N4. The van der Waals surface area contributed by atoms with Gasteiger partial charge < -0.3 is 5.32 Å². The number of pyridine rings is 1. The lowest BCUT2D eigenvalue weighted by Gasteiger charge is -2.14. The van der Waals surface area contributed by atoms with Crippen LogP contribution in [0.1, 0.15) is 30.3 Å². The van der Waals surface area contributed by atoms with E-state index >= 15 is 0 Å². The molecule has 88 valence electrons. The molecule has 0 amide bonds. The van der Waals surface area contributed by atoms with Crippen LogP contribution >= 0.6 is 0 Å². The third kappa shape index (κ3) is 1.85. The smallest absolute Gasteiger partial charge is 0.0995 e. The van der Waals surface area contributed by atoms with Crippen molar-refractivity contribution in [3.63, 3.8) is 0 Å². The maximum Gasteiger partial charge on any atom is 0.0995 e. The summed E-state index contributed by atoms with van der Waals surface area (Å²) in [6.45, 7) is 3.13. The minimum absolute atomic E-state index is 0.428. The Balaban J connectivity index is 2.04. The molecule has 0 aromatic carbocycles. The first-order valence-electron chi connectivity index (χ1n) is 6.04. The highest BCUT2D eigenvalue weighted by Crippen LogP contribution is 2.25. The van der Waals surface area contributed by atoms with Gasteiger partial charge in [0, 0.05) is 12.2 Å². The molecule has 4 nitrogen and oxygen atoms in total. The SMILES string of the molecule is Cc1ncccc1-n1cncc1[C@@H]1CCCN1. The Kier molecular flexibility index (Phi) is 2.65. The van der Waals surface area contributed by atoms with E-state index in [9.17, 15) is 0 Å². The minimum Gasteiger partial charge on any atom is -0.309 e. The fraction of sp³-hybridized carbons (Fsp3) is 0.385. The third-order valence-corrected chi connectivity index (χ3v) is 3.32. The summed E-state index contributed by atoms with van der Waals surface area (Å²) in [6.07, 6.45) is 8.07. The summed E-state index contributed by atoms with van der Waals surface area (Å²) in [4.78, 5) is 8.61. The van der Waals surface area contributed by atoms with Gasteiger partial charge in [-0.05, 0) is 38.4 Å². The molecule has 3 heterocycles. The molecule has 1 N–H and O–H groups in total. The van der Waals surface area contributed by atoms with E-state index in [1.165, 1.54) is 18.5 Å². The second-order valence-electron chi connectivity index (χ2n) is 4.45. The highest BCUT2D eigenvalue weighted by molar-refractivity contribution is 5.37. The molecule has 2 aromatic rings. The van der Waals surface area contributed by atoms with Crippen LogP contribution in [-0.2, 0) is 0 Å². The molecule has 1 fully saturated rings. The average Bonchev–Trinajstić information content (AvgIpc) is 3.00. The number of hydrogen-bond donors (Lipinski definition) is 1. The first-order valence-corrected chi connectivity index (χ1v) is 6.04. The quantitative estimate of drug-likeness (QED) is 0.855. The number of nitrogens with zero attached hydrogens (tertiary/aromatic N) is 3. The number of hydrogen-bond acceptors (Lipinski definition) is 3. The Morgan fingerprint density at radius 1 is 1.47 bits per heavy atom. The van der Waals surface area contributed by atoms with E-state index in [0.29, 0.717) is 6.04 Å². The Hall–Kier alpha value is -1.68. The maximum absolute atomic E-state index is 4.33. The molecule has 1 atom stereocenters. The van der Waals surface area contributed by atoms with Crippen LogP contribution in [0.25, 0.3) is 5.69 Å². The fourth-order valence-corrected chi connectivity index (χ4v) is 2.43. The molecule has 1 aliphatic rings. The predicted octanol–water partition coefficient (Wildman–Crippen LogP) is 2.00. The van der Waals surface area contributed by atoms with Crippen molar-refractivity contribution in [3.05, 3.63) is 42.2 Å². The van der Waals surface area contributed by atoms with Crippen LogP contribution in [0, 0.1) is 6.92 Å². The van der Waals surface area contributed by atoms with Crippen molar-refractivity contribution in [2.45, 2.75) is 25.8 Å². The minimum atomic E-state index is 0.428. The van der Waals surface area contributed by atoms with Gasteiger partial charge in [-0.25, -0.2) is 4.98 Å². The van der Waals surface area contributed by atoms with Gasteiger partial charge >= 0.3 is 0 Å². The summed E-state index contributed by atoms with van der Waals surface area (Å²) < 4.78 is 2.14. The van der Waals surface area contributed by atoms with Gasteiger partial charge in [0.05, 0.1) is 29.6 Å². The molecule has 0 aliphatic carbocycles. The molecule has 3 rings (SSSR count). The van der Waals surface area contributed by atoms with E-state index in [1.54, 1.807) is 0 Å². The molecule has 17 heavy (non-hydrogen) atoms. The van der Waals surface area contributed by atoms with E-state index in [1.807, 2.05) is 31.7 Å². The summed E-state index contributed by atoms with van der Waals surface area (Å²) in [5.41, 5.74) is 3.39. The molecule has 0 spiro atoms. The van der Waals surface area contributed by atoms with Gasteiger partial charge in [0.25, 0.3) is 0 Å². The third-order valence-electron chi connectivity index (χ3n) is 3.32. The molecule has 1 aliphatic heterocycles. The Morgan fingerprint density at radius 2 is 2.41 bits per heavy atom. The van der Waals surface area contributed by atoms with E-state index in [4.69, 9.17) is 0 Å². The van der Waals surface area contributed by atoms with Crippen molar-refractivity contribution in [2.75, 3.05) is 6.54 Å². The Morgan fingerprint density at radius 3 is 3.18 bits per heavy atom. The normalized spacial score (nSPS) is 19.7. The number of imidazole rings is 1. The predicted molar refractivity (Wildman–Crippen MR) is 66.1 cm³/mol. The van der Waals surface area contributed by atoms with Crippen molar-refractivity contribution in [1.29, 1.82) is 0 Å². The molecule has 0 saturated carbocycles. The van der Waals surface area contributed by atoms with E-state index < -0.39 is 0 Å². The van der Waals surface area contributed by atoms with Gasteiger partial charge in [-0.1, -0.05) is 0 Å². The molecule has 2 aromatic heterocycles. The standard InChI is InChI=1S/C13H16N4/c1-10-12(5-3-6-15-10)17-9-14-8-13(17)11-4-2-7-16-11/h3,5-6,8-9,11,16H,2,4,7H2,1H3/t11-/m0/s1. The van der Waals surface area contributed by atoms with Crippen LogP contribution in [0.2, 0.25) is 0 Å². The fourth-order valence-electron chi connectivity index (χ4n) is 2.43. The van der Waals surface area contributed by atoms with Crippen LogP contribution in [0.5, 0.6) is 0 Å². The van der Waals surface area contributed by atoms with E-state index in [0.717, 1.165) is 17.9 Å². The highest BCUT2D eigenvalue weighted by atomic mass is 15.1. The molecule has 0 unspecified atom stereocenters. The van der Waals surface area contributed by atoms with Crippen molar-refractivity contribution in [1.82, 2.24) is 19.9 Å². The second-order valence-corrected chi connectivity index (χ2v) is 4.45. The zero-order valence-electron chi connectivity index (χ0n) is 9.93. The van der Waals surface area contributed by atoms with Crippen LogP contribution in [0.3, 0.4) is 0 Å². The zero-order valence-corrected chi connectivity index (χ0v) is 9.93. The second kappa shape index (κ2) is 4.30. The van der Waals surface area contributed by atoms with Gasteiger partial charge in [-0.15, -0.1) is 0 Å². The summed E-state index contributed by atoms with van der Waals surface area (Å²) in [5, 5.41) is 3.51. The van der Waals surface area contributed by atoms with Crippen molar-refractivity contribution < 1.29 is 0 Å². The van der Waals surface area contributed by atoms with Gasteiger partial charge in [0.1, 0.15) is 0 Å². The maximum atomic E-state index is 4.33. The molecular weight excluding hydrogens is 212 g/mol. The van der Waals surface area contributed by atoms with Crippen molar-refractivity contribution in [2.24, 2.45) is 0 Å². The molecule has 4 heteroatoms. The number of rotatable bonds is 2. The Labute approximate surface area is 101 Å². The van der Waals surface area contributed by atoms with Gasteiger partial charge in [-0.2, -0.15) is 0 Å². The Bertz CT molecular complexity index is 512. The number of aromatic nitrogens is 3. The average molecular weight is 228 g/mol. The first kappa shape index (κ1) is 10.5. The van der Waals surface area contributed by atoms with Crippen molar-refractivity contribution in [3.8, 4) is 5.69 Å². The topological polar surface area (TPSA) is 42.7 Å². The highest BCUT2D eigenvalue weighted by Gasteiger charge is 2.20.